The fourth-order valence-electron chi connectivity index (χ4n) is 1.05. The largest absolute Gasteiger partial charge is 0.230 e. The molecule has 0 spiro atoms. The lowest BCUT2D eigenvalue weighted by atomic mass is 10.2. The van der Waals surface area contributed by atoms with Crippen molar-refractivity contribution in [2.45, 2.75) is 0 Å². The number of hydrogen-bond acceptors (Lipinski definition) is 4. The summed E-state index contributed by atoms with van der Waals surface area (Å²) < 4.78 is 0. The van der Waals surface area contributed by atoms with Gasteiger partial charge in [-0.2, -0.15) is 5.26 Å². The number of aromatic nitrogens is 3. The van der Waals surface area contributed by atoms with Crippen LogP contribution in [0.4, 0.5) is 0 Å². The van der Waals surface area contributed by atoms with Crippen molar-refractivity contribution in [2.24, 2.45) is 0 Å². The van der Waals surface area contributed by atoms with Crippen molar-refractivity contribution in [1.29, 1.82) is 5.26 Å². The molecule has 0 radical (unpaired) electrons. The molecule has 0 amide bonds. The molecule has 0 saturated carbocycles. The standard InChI is InChI=1S/C8HCl3N4/c9-6-3(2-12)1-4-5(14-6)7(10)15-8(11)13-4/h1H. The molecule has 0 unspecified atom stereocenters. The summed E-state index contributed by atoms with van der Waals surface area (Å²) in [6, 6.07) is 3.35. The maximum Gasteiger partial charge on any atom is 0.224 e. The van der Waals surface area contributed by atoms with E-state index in [4.69, 9.17) is 40.1 Å². The summed E-state index contributed by atoms with van der Waals surface area (Å²) in [5.74, 6) is 0. The Balaban J connectivity index is 2.89. The van der Waals surface area contributed by atoms with Crippen molar-refractivity contribution in [1.82, 2.24) is 15.0 Å². The minimum absolute atomic E-state index is 0.000474. The van der Waals surface area contributed by atoms with Crippen LogP contribution >= 0.6 is 34.8 Å². The molecule has 2 heterocycles. The predicted octanol–water partition coefficient (Wildman–Crippen LogP) is 2.86. The summed E-state index contributed by atoms with van der Waals surface area (Å²) in [4.78, 5) is 11.5. The third-order valence-corrected chi connectivity index (χ3v) is 2.40. The number of rotatable bonds is 0. The Bertz CT molecular complexity index is 590. The lowest BCUT2D eigenvalue weighted by Crippen LogP contribution is -1.92. The van der Waals surface area contributed by atoms with Gasteiger partial charge in [-0.3, -0.25) is 0 Å². The summed E-state index contributed by atoms with van der Waals surface area (Å²) in [6.45, 7) is 0. The third-order valence-electron chi connectivity index (χ3n) is 1.67. The van der Waals surface area contributed by atoms with Crippen molar-refractivity contribution in [3.05, 3.63) is 27.2 Å². The smallest absolute Gasteiger partial charge is 0.224 e. The Morgan fingerprint density at radius 3 is 2.47 bits per heavy atom. The van der Waals surface area contributed by atoms with E-state index in [1.807, 2.05) is 6.07 Å². The third kappa shape index (κ3) is 1.82. The summed E-state index contributed by atoms with van der Waals surface area (Å²) in [7, 11) is 0. The monoisotopic (exact) mass is 258 g/mol. The van der Waals surface area contributed by atoms with E-state index >= 15 is 0 Å². The highest BCUT2D eigenvalue weighted by molar-refractivity contribution is 6.36. The zero-order valence-corrected chi connectivity index (χ0v) is 9.27. The SMILES string of the molecule is N#Cc1cc2nc(Cl)nc(Cl)c2nc1Cl. The molecular formula is C8HCl3N4. The number of nitriles is 1. The van der Waals surface area contributed by atoms with Crippen molar-refractivity contribution >= 4 is 45.8 Å². The molecule has 2 rings (SSSR count). The summed E-state index contributed by atoms with van der Waals surface area (Å²) >= 11 is 17.1. The Labute approximate surface area is 99.4 Å². The van der Waals surface area contributed by atoms with E-state index in [-0.39, 0.29) is 21.2 Å². The van der Waals surface area contributed by atoms with Crippen LogP contribution in [-0.2, 0) is 0 Å². The molecule has 0 aliphatic heterocycles. The van der Waals surface area contributed by atoms with Gasteiger partial charge in [-0.05, 0) is 17.7 Å². The van der Waals surface area contributed by atoms with Gasteiger partial charge in [-0.15, -0.1) is 0 Å². The quantitative estimate of drug-likeness (QED) is 0.414. The molecule has 0 bridgehead atoms. The average molecular weight is 259 g/mol. The molecule has 0 aromatic carbocycles. The van der Waals surface area contributed by atoms with Crippen LogP contribution in [0.25, 0.3) is 11.0 Å². The molecule has 2 aromatic rings. The number of pyridine rings is 1. The first kappa shape index (κ1) is 10.4. The second-order valence-corrected chi connectivity index (χ2v) is 3.64. The first-order valence-electron chi connectivity index (χ1n) is 3.71. The van der Waals surface area contributed by atoms with E-state index in [1.54, 1.807) is 0 Å². The number of hydrogen-bond donors (Lipinski definition) is 0. The van der Waals surface area contributed by atoms with Crippen LogP contribution in [0.15, 0.2) is 6.07 Å². The second kappa shape index (κ2) is 3.78. The van der Waals surface area contributed by atoms with Gasteiger partial charge in [-0.25, -0.2) is 15.0 Å². The van der Waals surface area contributed by atoms with Gasteiger partial charge in [0.2, 0.25) is 5.28 Å². The summed E-state index contributed by atoms with van der Waals surface area (Å²) in [5, 5.41) is 8.91. The van der Waals surface area contributed by atoms with Gasteiger partial charge >= 0.3 is 0 Å². The highest BCUT2D eigenvalue weighted by atomic mass is 35.5. The zero-order chi connectivity index (χ0) is 11.0. The maximum absolute atomic E-state index is 8.73. The van der Waals surface area contributed by atoms with E-state index in [1.165, 1.54) is 6.07 Å². The van der Waals surface area contributed by atoms with Gasteiger partial charge in [0.25, 0.3) is 0 Å². The van der Waals surface area contributed by atoms with E-state index in [9.17, 15) is 0 Å². The highest BCUT2D eigenvalue weighted by Gasteiger charge is 2.10. The minimum Gasteiger partial charge on any atom is -0.230 e. The highest BCUT2D eigenvalue weighted by Crippen LogP contribution is 2.24. The Hall–Kier alpha value is -1.15. The van der Waals surface area contributed by atoms with Gasteiger partial charge in [0.1, 0.15) is 16.7 Å². The van der Waals surface area contributed by atoms with Crippen LogP contribution < -0.4 is 0 Å². The predicted molar refractivity (Wildman–Crippen MR) is 57.1 cm³/mol. The normalized spacial score (nSPS) is 10.3. The summed E-state index contributed by atoms with van der Waals surface area (Å²) in [6.07, 6.45) is 0. The fourth-order valence-corrected chi connectivity index (χ4v) is 1.67. The van der Waals surface area contributed by atoms with Gasteiger partial charge in [0, 0.05) is 0 Å². The molecule has 7 heteroatoms. The molecule has 0 aliphatic rings. The summed E-state index contributed by atoms with van der Waals surface area (Å²) in [5.41, 5.74) is 0.931. The fraction of sp³-hybridized carbons (Fsp3) is 0. The van der Waals surface area contributed by atoms with Crippen LogP contribution in [-0.4, -0.2) is 15.0 Å². The Kier molecular flexibility index (Phi) is 2.61. The maximum atomic E-state index is 8.73. The number of nitrogens with zero attached hydrogens (tertiary/aromatic N) is 4. The van der Waals surface area contributed by atoms with E-state index in [2.05, 4.69) is 15.0 Å². The van der Waals surface area contributed by atoms with E-state index < -0.39 is 0 Å². The van der Waals surface area contributed by atoms with E-state index in [0.29, 0.717) is 11.0 Å². The zero-order valence-electron chi connectivity index (χ0n) is 7.00. The Morgan fingerprint density at radius 1 is 1.07 bits per heavy atom. The number of fused-ring (bicyclic) bond motifs is 1. The molecule has 0 atom stereocenters. The molecule has 0 saturated heterocycles. The lowest BCUT2D eigenvalue weighted by Gasteiger charge is -2.00. The van der Waals surface area contributed by atoms with Crippen LogP contribution in [0.3, 0.4) is 0 Å². The molecule has 0 N–H and O–H groups in total. The molecular weight excluding hydrogens is 258 g/mol. The van der Waals surface area contributed by atoms with Gasteiger partial charge in [0.05, 0.1) is 11.1 Å². The number of halogens is 3. The van der Waals surface area contributed by atoms with Crippen LogP contribution in [0.2, 0.25) is 15.6 Å². The van der Waals surface area contributed by atoms with Crippen LogP contribution in [0.1, 0.15) is 5.56 Å². The molecule has 74 valence electrons. The molecule has 0 aliphatic carbocycles. The van der Waals surface area contributed by atoms with Crippen molar-refractivity contribution in [3.63, 3.8) is 0 Å². The molecule has 4 nitrogen and oxygen atoms in total. The lowest BCUT2D eigenvalue weighted by molar-refractivity contribution is 1.19. The molecule has 15 heavy (non-hydrogen) atoms. The van der Waals surface area contributed by atoms with Gasteiger partial charge < -0.3 is 0 Å². The van der Waals surface area contributed by atoms with Crippen molar-refractivity contribution in [2.75, 3.05) is 0 Å². The van der Waals surface area contributed by atoms with Gasteiger partial charge in [-0.1, -0.05) is 23.2 Å². The first-order valence-corrected chi connectivity index (χ1v) is 4.84. The molecule has 0 fully saturated rings. The first-order chi connectivity index (χ1) is 7.11. The van der Waals surface area contributed by atoms with Crippen LogP contribution in [0.5, 0.6) is 0 Å². The minimum atomic E-state index is 0.000474. The topological polar surface area (TPSA) is 62.5 Å². The van der Waals surface area contributed by atoms with E-state index in [0.717, 1.165) is 0 Å². The molecule has 2 aromatic heterocycles. The van der Waals surface area contributed by atoms with Crippen molar-refractivity contribution < 1.29 is 0 Å². The Morgan fingerprint density at radius 2 is 1.80 bits per heavy atom. The average Bonchev–Trinajstić information content (AvgIpc) is 2.18. The second-order valence-electron chi connectivity index (χ2n) is 2.59. The van der Waals surface area contributed by atoms with Gasteiger partial charge in [0.15, 0.2) is 5.15 Å². The van der Waals surface area contributed by atoms with Crippen LogP contribution in [0, 0.1) is 11.3 Å². The van der Waals surface area contributed by atoms with Crippen molar-refractivity contribution in [3.8, 4) is 6.07 Å².